The molecule has 2 nitrogen and oxygen atoms in total. The first-order chi connectivity index (χ1) is 11.6. The zero-order valence-electron chi connectivity index (χ0n) is 16.0. The van der Waals surface area contributed by atoms with Crippen LogP contribution < -0.4 is 5.32 Å². The first-order valence-electron chi connectivity index (χ1n) is 10.7. The Morgan fingerprint density at radius 2 is 1.33 bits per heavy atom. The van der Waals surface area contributed by atoms with Crippen LogP contribution in [0.25, 0.3) is 0 Å². The molecule has 4 bridgehead atoms. The standard InChI is InChI=1S/C21H38N2S/c1-3-5-7-9-23(10-8-6-4-2)20(24)22-21-14-17-11-18(15-21)13-19(12-17)16-21/h17-19H,3-16H2,1-2H3,(H,22,24). The minimum Gasteiger partial charge on any atom is -0.357 e. The van der Waals surface area contributed by atoms with E-state index in [9.17, 15) is 0 Å². The van der Waals surface area contributed by atoms with E-state index in [1.807, 2.05) is 0 Å². The summed E-state index contributed by atoms with van der Waals surface area (Å²) in [7, 11) is 0. The predicted molar refractivity (Wildman–Crippen MR) is 107 cm³/mol. The van der Waals surface area contributed by atoms with Crippen molar-refractivity contribution in [3.63, 3.8) is 0 Å². The van der Waals surface area contributed by atoms with Gasteiger partial charge in [0.05, 0.1) is 0 Å². The van der Waals surface area contributed by atoms with Crippen molar-refractivity contribution < 1.29 is 0 Å². The molecule has 0 aromatic rings. The predicted octanol–water partition coefficient (Wildman–Crippen LogP) is 5.51. The number of unbranched alkanes of at least 4 members (excludes halogenated alkanes) is 4. The molecule has 24 heavy (non-hydrogen) atoms. The van der Waals surface area contributed by atoms with E-state index in [4.69, 9.17) is 12.2 Å². The fraction of sp³-hybridized carbons (Fsp3) is 0.952. The van der Waals surface area contributed by atoms with E-state index in [2.05, 4.69) is 24.1 Å². The fourth-order valence-corrected chi connectivity index (χ4v) is 6.39. The molecule has 0 heterocycles. The number of nitrogens with one attached hydrogen (secondary N) is 1. The van der Waals surface area contributed by atoms with Crippen LogP contribution in [0.2, 0.25) is 0 Å². The maximum absolute atomic E-state index is 5.92. The van der Waals surface area contributed by atoms with Gasteiger partial charge < -0.3 is 10.2 Å². The van der Waals surface area contributed by atoms with Crippen LogP contribution in [0.3, 0.4) is 0 Å². The van der Waals surface area contributed by atoms with Gasteiger partial charge in [-0.1, -0.05) is 39.5 Å². The number of thiocarbonyl (C=S) groups is 1. The van der Waals surface area contributed by atoms with Gasteiger partial charge in [-0.2, -0.15) is 0 Å². The molecule has 4 saturated carbocycles. The highest BCUT2D eigenvalue weighted by Crippen LogP contribution is 2.55. The van der Waals surface area contributed by atoms with Crippen LogP contribution in [0.5, 0.6) is 0 Å². The van der Waals surface area contributed by atoms with Crippen LogP contribution in [-0.2, 0) is 0 Å². The van der Waals surface area contributed by atoms with Crippen LogP contribution in [0.15, 0.2) is 0 Å². The highest BCUT2D eigenvalue weighted by atomic mass is 32.1. The highest BCUT2D eigenvalue weighted by Gasteiger charge is 2.51. The Kier molecular flexibility index (Phi) is 6.45. The monoisotopic (exact) mass is 350 g/mol. The number of hydrogen-bond donors (Lipinski definition) is 1. The summed E-state index contributed by atoms with van der Waals surface area (Å²) in [4.78, 5) is 2.50. The Balaban J connectivity index is 1.57. The minimum absolute atomic E-state index is 0.361. The second kappa shape index (κ2) is 8.38. The molecule has 4 rings (SSSR count). The smallest absolute Gasteiger partial charge is 0.169 e. The van der Waals surface area contributed by atoms with Crippen molar-refractivity contribution in [2.75, 3.05) is 13.1 Å². The van der Waals surface area contributed by atoms with E-state index in [0.29, 0.717) is 5.54 Å². The summed E-state index contributed by atoms with van der Waals surface area (Å²) in [6.45, 7) is 6.87. The summed E-state index contributed by atoms with van der Waals surface area (Å²) in [6.07, 6.45) is 16.5. The molecule has 1 N–H and O–H groups in total. The Morgan fingerprint density at radius 1 is 0.875 bits per heavy atom. The molecular formula is C21H38N2S. The molecule has 138 valence electrons. The molecule has 0 aromatic carbocycles. The third-order valence-electron chi connectivity index (χ3n) is 6.76. The van der Waals surface area contributed by atoms with Crippen LogP contribution in [-0.4, -0.2) is 28.6 Å². The van der Waals surface area contributed by atoms with Gasteiger partial charge in [-0.3, -0.25) is 0 Å². The van der Waals surface area contributed by atoms with Crippen LogP contribution in [0.1, 0.15) is 90.9 Å². The number of hydrogen-bond acceptors (Lipinski definition) is 1. The second-order valence-electron chi connectivity index (χ2n) is 9.03. The quantitative estimate of drug-likeness (QED) is 0.436. The van der Waals surface area contributed by atoms with Gasteiger partial charge in [0.15, 0.2) is 5.11 Å². The van der Waals surface area contributed by atoms with Gasteiger partial charge in [0.2, 0.25) is 0 Å². The molecule has 0 aliphatic heterocycles. The lowest BCUT2D eigenvalue weighted by atomic mass is 9.53. The van der Waals surface area contributed by atoms with E-state index in [0.717, 1.165) is 36.0 Å². The van der Waals surface area contributed by atoms with Crippen molar-refractivity contribution >= 4 is 17.3 Å². The van der Waals surface area contributed by atoms with Crippen molar-refractivity contribution in [1.29, 1.82) is 0 Å². The van der Waals surface area contributed by atoms with Gasteiger partial charge in [0.1, 0.15) is 0 Å². The van der Waals surface area contributed by atoms with E-state index in [-0.39, 0.29) is 0 Å². The van der Waals surface area contributed by atoms with Crippen LogP contribution >= 0.6 is 12.2 Å². The van der Waals surface area contributed by atoms with Gasteiger partial charge in [0.25, 0.3) is 0 Å². The van der Waals surface area contributed by atoms with Gasteiger partial charge in [-0.15, -0.1) is 0 Å². The second-order valence-corrected chi connectivity index (χ2v) is 9.42. The van der Waals surface area contributed by atoms with Gasteiger partial charge in [0, 0.05) is 18.6 Å². The molecular weight excluding hydrogens is 312 g/mol. The van der Waals surface area contributed by atoms with Gasteiger partial charge >= 0.3 is 0 Å². The van der Waals surface area contributed by atoms with E-state index in [1.165, 1.54) is 77.0 Å². The largest absolute Gasteiger partial charge is 0.357 e. The first kappa shape index (κ1) is 18.5. The topological polar surface area (TPSA) is 15.3 Å². The van der Waals surface area contributed by atoms with Crippen molar-refractivity contribution in [3.05, 3.63) is 0 Å². The zero-order valence-corrected chi connectivity index (χ0v) is 16.8. The lowest BCUT2D eigenvalue weighted by Gasteiger charge is -2.57. The average Bonchev–Trinajstić information content (AvgIpc) is 2.52. The Bertz CT molecular complexity index is 375. The lowest BCUT2D eigenvalue weighted by Crippen LogP contribution is -2.61. The van der Waals surface area contributed by atoms with Crippen molar-refractivity contribution in [3.8, 4) is 0 Å². The van der Waals surface area contributed by atoms with Crippen LogP contribution in [0.4, 0.5) is 0 Å². The average molecular weight is 351 g/mol. The number of rotatable bonds is 9. The molecule has 4 aliphatic carbocycles. The first-order valence-corrected chi connectivity index (χ1v) is 11.1. The Morgan fingerprint density at radius 3 is 1.75 bits per heavy atom. The zero-order chi connectivity index (χ0) is 17.0. The lowest BCUT2D eigenvalue weighted by molar-refractivity contribution is -0.0112. The summed E-state index contributed by atoms with van der Waals surface area (Å²) in [5.41, 5.74) is 0.361. The van der Waals surface area contributed by atoms with Gasteiger partial charge in [-0.25, -0.2) is 0 Å². The van der Waals surface area contributed by atoms with Crippen LogP contribution in [0, 0.1) is 17.8 Å². The maximum Gasteiger partial charge on any atom is 0.169 e. The van der Waals surface area contributed by atoms with Crippen molar-refractivity contribution in [2.45, 2.75) is 96.4 Å². The van der Waals surface area contributed by atoms with Gasteiger partial charge in [-0.05, 0) is 81.3 Å². The molecule has 0 aromatic heterocycles. The van der Waals surface area contributed by atoms with Crippen molar-refractivity contribution in [1.82, 2.24) is 10.2 Å². The highest BCUT2D eigenvalue weighted by molar-refractivity contribution is 7.80. The summed E-state index contributed by atoms with van der Waals surface area (Å²) in [6, 6.07) is 0. The summed E-state index contributed by atoms with van der Waals surface area (Å²) < 4.78 is 0. The fourth-order valence-electron chi connectivity index (χ4n) is 5.99. The molecule has 4 aliphatic rings. The van der Waals surface area contributed by atoms with Crippen molar-refractivity contribution in [2.24, 2.45) is 17.8 Å². The molecule has 0 amide bonds. The normalized spacial score (nSPS) is 33.7. The SMILES string of the molecule is CCCCCN(CCCCC)C(=S)NC12CC3CC(CC(C3)C1)C2. The van der Waals surface area contributed by atoms with E-state index >= 15 is 0 Å². The maximum atomic E-state index is 5.92. The third kappa shape index (κ3) is 4.45. The Hall–Kier alpha value is -0.310. The molecule has 0 radical (unpaired) electrons. The minimum atomic E-state index is 0.361. The van der Waals surface area contributed by atoms with E-state index in [1.54, 1.807) is 0 Å². The summed E-state index contributed by atoms with van der Waals surface area (Å²) in [5.74, 6) is 2.96. The molecule has 0 saturated heterocycles. The molecule has 0 spiro atoms. The number of nitrogens with zero attached hydrogens (tertiary/aromatic N) is 1. The van der Waals surface area contributed by atoms with E-state index < -0.39 is 0 Å². The molecule has 3 heteroatoms. The molecule has 4 fully saturated rings. The summed E-state index contributed by atoms with van der Waals surface area (Å²) in [5, 5.41) is 5.01. The molecule has 0 atom stereocenters. The third-order valence-corrected chi connectivity index (χ3v) is 7.12. The summed E-state index contributed by atoms with van der Waals surface area (Å²) >= 11 is 5.92. The molecule has 0 unspecified atom stereocenters. The Labute approximate surface area is 155 Å².